The molecule has 0 aliphatic carbocycles. The third kappa shape index (κ3) is 2.49. The summed E-state index contributed by atoms with van der Waals surface area (Å²) >= 11 is 6.33. The number of fused-ring (bicyclic) bond motifs is 1. The molecule has 0 amide bonds. The average molecular weight is 278 g/mol. The van der Waals surface area contributed by atoms with Crippen LogP contribution in [0.5, 0.6) is 0 Å². The molecule has 0 spiro atoms. The highest BCUT2D eigenvalue weighted by molar-refractivity contribution is 6.31. The molecule has 19 heavy (non-hydrogen) atoms. The monoisotopic (exact) mass is 277 g/mol. The van der Waals surface area contributed by atoms with Gasteiger partial charge in [0, 0.05) is 36.2 Å². The standard InChI is InChI=1S/C15H20ClN3/c1-2-8-19-9-7-14-12(10-19)15(18-17-14)11-5-3-4-6-13(11)16/h3-6,12,15,18H,2,7-10H2,1H3. The van der Waals surface area contributed by atoms with E-state index in [1.165, 1.54) is 24.2 Å². The van der Waals surface area contributed by atoms with E-state index in [0.717, 1.165) is 24.5 Å². The summed E-state index contributed by atoms with van der Waals surface area (Å²) in [6.45, 7) is 5.65. The second-order valence-electron chi connectivity index (χ2n) is 5.39. The Balaban J connectivity index is 1.80. The normalized spacial score (nSPS) is 26.7. The van der Waals surface area contributed by atoms with Gasteiger partial charge >= 0.3 is 0 Å². The van der Waals surface area contributed by atoms with Crippen LogP contribution < -0.4 is 5.43 Å². The van der Waals surface area contributed by atoms with Crippen molar-refractivity contribution in [3.8, 4) is 0 Å². The maximum Gasteiger partial charge on any atom is 0.0797 e. The Morgan fingerprint density at radius 3 is 3.05 bits per heavy atom. The van der Waals surface area contributed by atoms with Crippen molar-refractivity contribution in [3.63, 3.8) is 0 Å². The van der Waals surface area contributed by atoms with Crippen molar-refractivity contribution >= 4 is 17.3 Å². The second-order valence-corrected chi connectivity index (χ2v) is 5.80. The van der Waals surface area contributed by atoms with Gasteiger partial charge in [-0.25, -0.2) is 0 Å². The quantitative estimate of drug-likeness (QED) is 0.919. The fourth-order valence-electron chi connectivity index (χ4n) is 3.14. The summed E-state index contributed by atoms with van der Waals surface area (Å²) in [6.07, 6.45) is 2.29. The first-order chi connectivity index (χ1) is 9.29. The van der Waals surface area contributed by atoms with E-state index in [-0.39, 0.29) is 6.04 Å². The molecule has 0 radical (unpaired) electrons. The molecule has 1 N–H and O–H groups in total. The van der Waals surface area contributed by atoms with Crippen molar-refractivity contribution in [1.82, 2.24) is 10.3 Å². The zero-order chi connectivity index (χ0) is 13.2. The number of piperidine rings is 1. The predicted molar refractivity (Wildman–Crippen MR) is 79.6 cm³/mol. The lowest BCUT2D eigenvalue weighted by Crippen LogP contribution is -2.42. The summed E-state index contributed by atoms with van der Waals surface area (Å²) in [7, 11) is 0. The molecule has 4 heteroatoms. The number of halogens is 1. The van der Waals surface area contributed by atoms with Crippen LogP contribution in [0.1, 0.15) is 31.4 Å². The number of likely N-dealkylation sites (tertiary alicyclic amines) is 1. The van der Waals surface area contributed by atoms with Crippen molar-refractivity contribution in [2.24, 2.45) is 11.0 Å². The van der Waals surface area contributed by atoms with E-state index in [9.17, 15) is 0 Å². The maximum atomic E-state index is 6.33. The van der Waals surface area contributed by atoms with Gasteiger partial charge in [-0.3, -0.25) is 0 Å². The summed E-state index contributed by atoms with van der Waals surface area (Å²) < 4.78 is 0. The van der Waals surface area contributed by atoms with Gasteiger partial charge in [0.2, 0.25) is 0 Å². The van der Waals surface area contributed by atoms with Crippen LogP contribution in [0, 0.1) is 5.92 Å². The lowest BCUT2D eigenvalue weighted by Gasteiger charge is -2.33. The topological polar surface area (TPSA) is 27.6 Å². The summed E-state index contributed by atoms with van der Waals surface area (Å²) in [4.78, 5) is 2.54. The summed E-state index contributed by atoms with van der Waals surface area (Å²) in [5, 5.41) is 5.37. The Hall–Kier alpha value is -1.06. The molecule has 0 saturated carbocycles. The molecule has 102 valence electrons. The van der Waals surface area contributed by atoms with E-state index in [1.807, 2.05) is 18.2 Å². The van der Waals surface area contributed by atoms with E-state index < -0.39 is 0 Å². The van der Waals surface area contributed by atoms with Gasteiger partial charge in [-0.05, 0) is 24.6 Å². The fourth-order valence-corrected chi connectivity index (χ4v) is 3.40. The van der Waals surface area contributed by atoms with E-state index in [1.54, 1.807) is 0 Å². The molecule has 0 aromatic heterocycles. The van der Waals surface area contributed by atoms with Gasteiger partial charge in [-0.1, -0.05) is 36.7 Å². The SMILES string of the molecule is CCCN1CCC2=NNC(c3ccccc3Cl)C2C1. The molecule has 1 fully saturated rings. The van der Waals surface area contributed by atoms with Crippen LogP contribution in [0.3, 0.4) is 0 Å². The van der Waals surface area contributed by atoms with Crippen LogP contribution in [0.15, 0.2) is 29.4 Å². The molecule has 2 aliphatic rings. The lowest BCUT2D eigenvalue weighted by atomic mass is 9.86. The molecular formula is C15H20ClN3. The Morgan fingerprint density at radius 2 is 2.26 bits per heavy atom. The zero-order valence-corrected chi connectivity index (χ0v) is 12.0. The summed E-state index contributed by atoms with van der Waals surface area (Å²) in [5.41, 5.74) is 5.78. The first-order valence-corrected chi connectivity index (χ1v) is 7.46. The van der Waals surface area contributed by atoms with E-state index >= 15 is 0 Å². The average Bonchev–Trinajstić information content (AvgIpc) is 2.83. The van der Waals surface area contributed by atoms with E-state index in [2.05, 4.69) is 28.4 Å². The molecule has 1 aromatic carbocycles. The Kier molecular flexibility index (Phi) is 3.76. The van der Waals surface area contributed by atoms with E-state index in [0.29, 0.717) is 5.92 Å². The second kappa shape index (κ2) is 5.51. The molecule has 1 aromatic rings. The molecule has 3 rings (SSSR count). The van der Waals surface area contributed by atoms with E-state index in [4.69, 9.17) is 11.6 Å². The smallest absolute Gasteiger partial charge is 0.0797 e. The number of hydrazone groups is 1. The van der Waals surface area contributed by atoms with Crippen LogP contribution in [-0.4, -0.2) is 30.2 Å². The maximum absolute atomic E-state index is 6.33. The summed E-state index contributed by atoms with van der Waals surface area (Å²) in [6, 6.07) is 8.34. The number of nitrogens with zero attached hydrogens (tertiary/aromatic N) is 2. The largest absolute Gasteiger partial charge is 0.302 e. The van der Waals surface area contributed by atoms with Gasteiger partial charge < -0.3 is 10.3 Å². The Bertz CT molecular complexity index is 486. The first-order valence-electron chi connectivity index (χ1n) is 7.08. The van der Waals surface area contributed by atoms with Crippen LogP contribution in [0.25, 0.3) is 0 Å². The van der Waals surface area contributed by atoms with Crippen molar-refractivity contribution < 1.29 is 0 Å². The van der Waals surface area contributed by atoms with Gasteiger partial charge in [0.15, 0.2) is 0 Å². The van der Waals surface area contributed by atoms with Crippen LogP contribution in [0.2, 0.25) is 5.02 Å². The minimum atomic E-state index is 0.239. The number of nitrogens with one attached hydrogen (secondary N) is 1. The van der Waals surface area contributed by atoms with Gasteiger partial charge in [-0.2, -0.15) is 5.10 Å². The molecule has 2 heterocycles. The van der Waals surface area contributed by atoms with Gasteiger partial charge in [0.25, 0.3) is 0 Å². The predicted octanol–water partition coefficient (Wildman–Crippen LogP) is 3.07. The minimum absolute atomic E-state index is 0.239. The van der Waals surface area contributed by atoms with Crippen LogP contribution >= 0.6 is 11.6 Å². The van der Waals surface area contributed by atoms with Crippen molar-refractivity contribution in [1.29, 1.82) is 0 Å². The van der Waals surface area contributed by atoms with Crippen LogP contribution in [0.4, 0.5) is 0 Å². The molecule has 2 atom stereocenters. The zero-order valence-electron chi connectivity index (χ0n) is 11.3. The summed E-state index contributed by atoms with van der Waals surface area (Å²) in [5.74, 6) is 0.472. The molecule has 1 saturated heterocycles. The van der Waals surface area contributed by atoms with Gasteiger partial charge in [0.05, 0.1) is 6.04 Å². The van der Waals surface area contributed by atoms with Crippen molar-refractivity contribution in [2.45, 2.75) is 25.8 Å². The number of hydrogen-bond donors (Lipinski definition) is 1. The lowest BCUT2D eigenvalue weighted by molar-refractivity contribution is 0.228. The Morgan fingerprint density at radius 1 is 1.42 bits per heavy atom. The Labute approximate surface area is 119 Å². The fraction of sp³-hybridized carbons (Fsp3) is 0.533. The van der Waals surface area contributed by atoms with Crippen molar-refractivity contribution in [3.05, 3.63) is 34.9 Å². The van der Waals surface area contributed by atoms with Gasteiger partial charge in [0.1, 0.15) is 0 Å². The molecule has 2 unspecified atom stereocenters. The molecule has 3 nitrogen and oxygen atoms in total. The number of rotatable bonds is 3. The number of hydrogen-bond acceptors (Lipinski definition) is 3. The molecule has 0 bridgehead atoms. The first kappa shape index (κ1) is 12.9. The highest BCUT2D eigenvalue weighted by atomic mass is 35.5. The third-order valence-electron chi connectivity index (χ3n) is 4.10. The molecule has 2 aliphatic heterocycles. The van der Waals surface area contributed by atoms with Crippen LogP contribution in [-0.2, 0) is 0 Å². The van der Waals surface area contributed by atoms with Crippen molar-refractivity contribution in [2.75, 3.05) is 19.6 Å². The highest BCUT2D eigenvalue weighted by Gasteiger charge is 2.37. The third-order valence-corrected chi connectivity index (χ3v) is 4.44. The minimum Gasteiger partial charge on any atom is -0.302 e. The highest BCUT2D eigenvalue weighted by Crippen LogP contribution is 2.35. The van der Waals surface area contributed by atoms with Gasteiger partial charge in [-0.15, -0.1) is 0 Å². The number of benzene rings is 1. The molecular weight excluding hydrogens is 258 g/mol.